The lowest BCUT2D eigenvalue weighted by molar-refractivity contribution is -0.633. The van der Waals surface area contributed by atoms with Crippen molar-refractivity contribution in [2.75, 3.05) is 0 Å². The molecule has 5 rings (SSSR count). The first kappa shape index (κ1) is 20.3. The van der Waals surface area contributed by atoms with Gasteiger partial charge in [-0.3, -0.25) is 0 Å². The Morgan fingerprint density at radius 3 is 2.50 bits per heavy atom. The van der Waals surface area contributed by atoms with Gasteiger partial charge in [-0.2, -0.15) is 9.83 Å². The molecule has 0 N–H and O–H groups in total. The van der Waals surface area contributed by atoms with Crippen molar-refractivity contribution in [3.05, 3.63) is 76.9 Å². The van der Waals surface area contributed by atoms with Crippen LogP contribution in [0.4, 0.5) is 0 Å². The maximum absolute atomic E-state index is 9.39. The molecule has 0 radical (unpaired) electrons. The summed E-state index contributed by atoms with van der Waals surface area (Å²) in [5.74, 6) is 0.563. The van der Waals surface area contributed by atoms with Crippen LogP contribution in [0.1, 0.15) is 36.1 Å². The monoisotopic (exact) mass is 419 g/mol. The minimum Gasteiger partial charge on any atom is -0.455 e. The molecule has 2 aromatic heterocycles. The summed E-state index contributed by atoms with van der Waals surface area (Å²) >= 11 is 0. The SMILES string of the molecule is Cc1cc2c(oc3ccc(C#N)cc32)c(-c2cc(CC(C)C)c3ccccc3[n+]2C)c1C. The van der Waals surface area contributed by atoms with Gasteiger partial charge in [-0.1, -0.05) is 26.0 Å². The molecule has 158 valence electrons. The van der Waals surface area contributed by atoms with Crippen molar-refractivity contribution in [1.82, 2.24) is 0 Å². The number of aromatic nitrogens is 1. The van der Waals surface area contributed by atoms with Gasteiger partial charge in [0.25, 0.3) is 0 Å². The van der Waals surface area contributed by atoms with E-state index < -0.39 is 0 Å². The zero-order valence-electron chi connectivity index (χ0n) is 19.3. The van der Waals surface area contributed by atoms with E-state index in [4.69, 9.17) is 4.42 Å². The molecule has 0 unspecified atom stereocenters. The van der Waals surface area contributed by atoms with Gasteiger partial charge in [0.15, 0.2) is 0 Å². The van der Waals surface area contributed by atoms with Crippen molar-refractivity contribution in [3.8, 4) is 17.3 Å². The predicted octanol–water partition coefficient (Wildman–Crippen LogP) is 6.92. The van der Waals surface area contributed by atoms with E-state index in [1.54, 1.807) is 0 Å². The van der Waals surface area contributed by atoms with Crippen molar-refractivity contribution in [2.24, 2.45) is 13.0 Å². The van der Waals surface area contributed by atoms with E-state index in [1.807, 2.05) is 18.2 Å². The van der Waals surface area contributed by atoms with Crippen molar-refractivity contribution >= 4 is 32.8 Å². The van der Waals surface area contributed by atoms with Gasteiger partial charge < -0.3 is 4.42 Å². The molecule has 3 aromatic carbocycles. The molecule has 32 heavy (non-hydrogen) atoms. The van der Waals surface area contributed by atoms with E-state index in [2.05, 4.69) is 81.8 Å². The maximum Gasteiger partial charge on any atom is 0.217 e. The fourth-order valence-corrected chi connectivity index (χ4v) is 4.87. The number of nitrogens with zero attached hydrogens (tertiary/aromatic N) is 2. The van der Waals surface area contributed by atoms with E-state index >= 15 is 0 Å². The molecule has 0 saturated heterocycles. The Kier molecular flexibility index (Phi) is 4.75. The fourth-order valence-electron chi connectivity index (χ4n) is 4.87. The normalized spacial score (nSPS) is 11.7. The molecule has 0 aliphatic heterocycles. The zero-order chi connectivity index (χ0) is 22.6. The molecule has 0 aliphatic rings. The summed E-state index contributed by atoms with van der Waals surface area (Å²) < 4.78 is 8.72. The van der Waals surface area contributed by atoms with Crippen LogP contribution in [0.25, 0.3) is 44.1 Å². The molecule has 0 fully saturated rings. The summed E-state index contributed by atoms with van der Waals surface area (Å²) in [6.07, 6.45) is 1.02. The summed E-state index contributed by atoms with van der Waals surface area (Å²) in [5, 5.41) is 12.8. The smallest absolute Gasteiger partial charge is 0.217 e. The van der Waals surface area contributed by atoms with Crippen LogP contribution in [0, 0.1) is 31.1 Å². The highest BCUT2D eigenvalue weighted by atomic mass is 16.3. The van der Waals surface area contributed by atoms with E-state index in [9.17, 15) is 5.26 Å². The number of pyridine rings is 1. The number of rotatable bonds is 3. The van der Waals surface area contributed by atoms with Gasteiger partial charge in [-0.25, -0.2) is 0 Å². The van der Waals surface area contributed by atoms with E-state index in [0.29, 0.717) is 11.5 Å². The van der Waals surface area contributed by atoms with Crippen LogP contribution in [0.2, 0.25) is 0 Å². The topological polar surface area (TPSA) is 40.8 Å². The number of aryl methyl sites for hydroxylation is 2. The lowest BCUT2D eigenvalue weighted by Gasteiger charge is -2.13. The Hall–Kier alpha value is -3.64. The number of nitriles is 1. The Morgan fingerprint density at radius 1 is 0.969 bits per heavy atom. The third kappa shape index (κ3) is 3.07. The van der Waals surface area contributed by atoms with Crippen molar-refractivity contribution in [1.29, 1.82) is 5.26 Å². The molecule has 0 saturated carbocycles. The third-order valence-corrected chi connectivity index (χ3v) is 6.58. The minimum atomic E-state index is 0.563. The molecular weight excluding hydrogens is 392 g/mol. The van der Waals surface area contributed by atoms with Crippen LogP contribution in [-0.4, -0.2) is 0 Å². The number of hydrogen-bond donors (Lipinski definition) is 0. The third-order valence-electron chi connectivity index (χ3n) is 6.58. The highest BCUT2D eigenvalue weighted by Gasteiger charge is 2.25. The van der Waals surface area contributed by atoms with Gasteiger partial charge >= 0.3 is 0 Å². The number of furan rings is 1. The lowest BCUT2D eigenvalue weighted by Crippen LogP contribution is -2.33. The van der Waals surface area contributed by atoms with Crippen LogP contribution in [0.15, 0.2) is 59.0 Å². The van der Waals surface area contributed by atoms with Gasteiger partial charge in [0.05, 0.1) is 17.2 Å². The molecule has 3 heteroatoms. The van der Waals surface area contributed by atoms with Crippen molar-refractivity contribution in [3.63, 3.8) is 0 Å². The number of fused-ring (bicyclic) bond motifs is 4. The van der Waals surface area contributed by atoms with Crippen molar-refractivity contribution in [2.45, 2.75) is 34.1 Å². The Labute approximate surface area is 188 Å². The maximum atomic E-state index is 9.39. The first-order valence-corrected chi connectivity index (χ1v) is 11.2. The largest absolute Gasteiger partial charge is 0.455 e. The predicted molar refractivity (Wildman–Crippen MR) is 131 cm³/mol. The molecule has 5 aromatic rings. The highest BCUT2D eigenvalue weighted by molar-refractivity contribution is 6.10. The molecule has 0 spiro atoms. The van der Waals surface area contributed by atoms with E-state index in [1.165, 1.54) is 27.6 Å². The highest BCUT2D eigenvalue weighted by Crippen LogP contribution is 2.39. The first-order valence-electron chi connectivity index (χ1n) is 11.2. The second kappa shape index (κ2) is 7.50. The number of para-hydroxylation sites is 1. The molecule has 0 amide bonds. The summed E-state index contributed by atoms with van der Waals surface area (Å²) in [7, 11) is 2.14. The molecule has 0 aliphatic carbocycles. The quantitative estimate of drug-likeness (QED) is 0.298. The van der Waals surface area contributed by atoms with Gasteiger partial charge in [0.2, 0.25) is 11.2 Å². The Morgan fingerprint density at radius 2 is 1.75 bits per heavy atom. The summed E-state index contributed by atoms with van der Waals surface area (Å²) in [6, 6.07) is 21.1. The minimum absolute atomic E-state index is 0.563. The first-order chi connectivity index (χ1) is 15.4. The van der Waals surface area contributed by atoms with Gasteiger partial charge in [-0.15, -0.1) is 0 Å². The molecular formula is C29H27N2O+. The summed E-state index contributed by atoms with van der Waals surface area (Å²) in [6.45, 7) is 8.86. The molecule has 2 heterocycles. The van der Waals surface area contributed by atoms with Gasteiger partial charge in [-0.05, 0) is 73.2 Å². The van der Waals surface area contributed by atoms with E-state index in [0.717, 1.165) is 39.6 Å². The standard InChI is InChI=1S/C29H27N2O/c1-17(2)12-21-15-26(31(5)25-9-7-6-8-22(21)25)28-19(4)18(3)13-24-23-14-20(16-30)10-11-27(23)32-29(24)28/h6-11,13-15,17H,12H2,1-5H3/q+1. The van der Waals surface area contributed by atoms with E-state index in [-0.39, 0.29) is 0 Å². The summed E-state index contributed by atoms with van der Waals surface area (Å²) in [4.78, 5) is 0. The average molecular weight is 420 g/mol. The van der Waals surface area contributed by atoms with Gasteiger partial charge in [0, 0.05) is 28.3 Å². The van der Waals surface area contributed by atoms with Crippen LogP contribution in [-0.2, 0) is 13.5 Å². The molecule has 0 atom stereocenters. The Bertz CT molecular complexity index is 1560. The van der Waals surface area contributed by atoms with Crippen molar-refractivity contribution < 1.29 is 8.98 Å². The van der Waals surface area contributed by atoms with Crippen LogP contribution >= 0.6 is 0 Å². The van der Waals surface area contributed by atoms with Gasteiger partial charge in [0.1, 0.15) is 18.2 Å². The number of benzene rings is 3. The summed E-state index contributed by atoms with van der Waals surface area (Å²) in [5.41, 5.74) is 9.66. The van der Waals surface area contributed by atoms with Crippen LogP contribution in [0.3, 0.4) is 0 Å². The van der Waals surface area contributed by atoms with Crippen LogP contribution in [0.5, 0.6) is 0 Å². The second-order valence-corrected chi connectivity index (χ2v) is 9.22. The Balaban J connectivity index is 1.92. The lowest BCUT2D eigenvalue weighted by atomic mass is 9.92. The second-order valence-electron chi connectivity index (χ2n) is 9.22. The molecule has 0 bridgehead atoms. The molecule has 3 nitrogen and oxygen atoms in total. The average Bonchev–Trinajstić information content (AvgIpc) is 3.13. The zero-order valence-corrected chi connectivity index (χ0v) is 19.3. The number of hydrogen-bond acceptors (Lipinski definition) is 2. The van der Waals surface area contributed by atoms with Crippen LogP contribution < -0.4 is 4.57 Å². The fraction of sp³-hybridized carbons (Fsp3) is 0.241.